The molecule has 7 nitrogen and oxygen atoms in total. The summed E-state index contributed by atoms with van der Waals surface area (Å²) in [7, 11) is 1.69. The molecule has 0 radical (unpaired) electrons. The number of anilines is 1. The molecule has 152 valence electrons. The van der Waals surface area contributed by atoms with E-state index in [4.69, 9.17) is 17.0 Å². The summed E-state index contributed by atoms with van der Waals surface area (Å²) in [6.07, 6.45) is 0. The van der Waals surface area contributed by atoms with Crippen LogP contribution in [0.3, 0.4) is 0 Å². The Morgan fingerprint density at radius 3 is 2.45 bits per heavy atom. The summed E-state index contributed by atoms with van der Waals surface area (Å²) in [6, 6.07) is 14.4. The molecular formula is C21H27N6OS+. The Labute approximate surface area is 176 Å². The van der Waals surface area contributed by atoms with Crippen LogP contribution in [-0.2, 0) is 6.67 Å². The van der Waals surface area contributed by atoms with Crippen LogP contribution >= 0.6 is 12.2 Å². The van der Waals surface area contributed by atoms with Crippen LogP contribution in [0, 0.1) is 18.6 Å². The standard InChI is InChI=1S/C21H26N6OS/c1-16-5-4-6-20(17(16)2)27-21(29)26(22-23-27)15-24-11-13-25(14-12-24)18-7-9-19(28-3)10-8-18/h4-10H,11-15H2,1-3H3/p+1. The van der Waals surface area contributed by atoms with Crippen molar-refractivity contribution in [3.63, 3.8) is 0 Å². The lowest BCUT2D eigenvalue weighted by atomic mass is 10.1. The first kappa shape index (κ1) is 19.6. The molecule has 0 unspecified atom stereocenters. The van der Waals surface area contributed by atoms with Crippen molar-refractivity contribution in [2.24, 2.45) is 0 Å². The number of aryl methyl sites for hydroxylation is 1. The summed E-state index contributed by atoms with van der Waals surface area (Å²) in [4.78, 5) is 3.87. The molecule has 0 aliphatic carbocycles. The highest BCUT2D eigenvalue weighted by Gasteiger charge is 2.22. The molecule has 0 saturated carbocycles. The molecule has 3 aromatic rings. The number of rotatable bonds is 5. The van der Waals surface area contributed by atoms with Gasteiger partial charge in [0.1, 0.15) is 5.75 Å². The number of methoxy groups -OCH3 is 1. The fraction of sp³-hybridized carbons (Fsp3) is 0.381. The number of hydrogen-bond acceptors (Lipinski definition) is 5. The number of piperazine rings is 1. The van der Waals surface area contributed by atoms with Crippen molar-refractivity contribution in [3.05, 3.63) is 58.4 Å². The van der Waals surface area contributed by atoms with Crippen LogP contribution in [0.1, 0.15) is 11.1 Å². The van der Waals surface area contributed by atoms with E-state index < -0.39 is 0 Å². The van der Waals surface area contributed by atoms with Crippen molar-refractivity contribution in [1.29, 1.82) is 0 Å². The Kier molecular flexibility index (Phi) is 5.64. The molecular weight excluding hydrogens is 384 g/mol. The third kappa shape index (κ3) is 4.04. The van der Waals surface area contributed by atoms with Crippen LogP contribution in [0.5, 0.6) is 5.75 Å². The highest BCUT2D eigenvalue weighted by Crippen LogP contribution is 2.19. The van der Waals surface area contributed by atoms with E-state index >= 15 is 0 Å². The van der Waals surface area contributed by atoms with E-state index in [0.29, 0.717) is 4.77 Å². The Balaban J connectivity index is 1.42. The number of tetrazole rings is 1. The van der Waals surface area contributed by atoms with E-state index in [1.54, 1.807) is 11.8 Å². The smallest absolute Gasteiger partial charge is 0.225 e. The molecule has 2 aromatic carbocycles. The second-order valence-electron chi connectivity index (χ2n) is 7.49. The van der Waals surface area contributed by atoms with E-state index in [9.17, 15) is 0 Å². The van der Waals surface area contributed by atoms with Gasteiger partial charge in [-0.3, -0.25) is 0 Å². The molecule has 1 aliphatic rings. The van der Waals surface area contributed by atoms with E-state index in [1.807, 2.05) is 28.9 Å². The van der Waals surface area contributed by atoms with E-state index in [0.717, 1.165) is 44.3 Å². The van der Waals surface area contributed by atoms with Gasteiger partial charge < -0.3 is 14.5 Å². The van der Waals surface area contributed by atoms with Gasteiger partial charge in [0.05, 0.1) is 39.0 Å². The van der Waals surface area contributed by atoms with Crippen LogP contribution in [0.25, 0.3) is 5.69 Å². The average molecular weight is 412 g/mol. The van der Waals surface area contributed by atoms with Crippen LogP contribution < -0.4 is 14.5 Å². The Morgan fingerprint density at radius 1 is 1.03 bits per heavy atom. The summed E-state index contributed by atoms with van der Waals surface area (Å²) >= 11 is 5.67. The van der Waals surface area contributed by atoms with Crippen LogP contribution in [-0.4, -0.2) is 53.1 Å². The quantitative estimate of drug-likeness (QED) is 0.649. The summed E-state index contributed by atoms with van der Waals surface area (Å²) in [5.41, 5.74) is 4.64. The molecule has 29 heavy (non-hydrogen) atoms. The number of ether oxygens (including phenoxy) is 1. The summed E-state index contributed by atoms with van der Waals surface area (Å²) in [6.45, 7) is 8.99. The second kappa shape index (κ2) is 8.34. The zero-order valence-electron chi connectivity index (χ0n) is 17.1. The SMILES string of the molecule is COc1ccc(N2CC[NH+](Cn3nnn(-c4cccc(C)c4C)c3=S)CC2)cc1. The molecule has 0 atom stereocenters. The fourth-order valence-corrected chi connectivity index (χ4v) is 3.97. The molecule has 1 saturated heterocycles. The average Bonchev–Trinajstić information content (AvgIpc) is 3.11. The van der Waals surface area contributed by atoms with Crippen molar-refractivity contribution in [3.8, 4) is 11.4 Å². The van der Waals surface area contributed by atoms with Gasteiger partial charge in [-0.05, 0) is 78.0 Å². The summed E-state index contributed by atoms with van der Waals surface area (Å²) in [5.74, 6) is 0.888. The van der Waals surface area contributed by atoms with Crippen molar-refractivity contribution < 1.29 is 9.64 Å². The van der Waals surface area contributed by atoms with Gasteiger partial charge in [0.2, 0.25) is 4.77 Å². The second-order valence-corrected chi connectivity index (χ2v) is 7.85. The summed E-state index contributed by atoms with van der Waals surface area (Å²) in [5, 5.41) is 8.65. The predicted molar refractivity (Wildman–Crippen MR) is 116 cm³/mol. The molecule has 0 bridgehead atoms. The molecule has 8 heteroatoms. The number of aromatic nitrogens is 4. The van der Waals surface area contributed by atoms with Gasteiger partial charge in [0, 0.05) is 5.69 Å². The third-order valence-corrected chi connectivity index (χ3v) is 6.11. The van der Waals surface area contributed by atoms with E-state index in [1.165, 1.54) is 21.7 Å². The van der Waals surface area contributed by atoms with Gasteiger partial charge in [-0.2, -0.15) is 9.36 Å². The zero-order chi connectivity index (χ0) is 20.4. The van der Waals surface area contributed by atoms with Crippen LogP contribution in [0.15, 0.2) is 42.5 Å². The van der Waals surface area contributed by atoms with Crippen molar-refractivity contribution >= 4 is 17.9 Å². The van der Waals surface area contributed by atoms with Crippen molar-refractivity contribution in [1.82, 2.24) is 19.8 Å². The number of nitrogens with zero attached hydrogens (tertiary/aromatic N) is 5. The lowest BCUT2D eigenvalue weighted by Gasteiger charge is -2.33. The zero-order valence-corrected chi connectivity index (χ0v) is 17.9. The minimum Gasteiger partial charge on any atom is -0.497 e. The molecule has 0 spiro atoms. The number of nitrogens with one attached hydrogen (secondary N) is 1. The topological polar surface area (TPSA) is 52.6 Å². The first-order chi connectivity index (χ1) is 14.1. The Morgan fingerprint density at radius 2 is 1.76 bits per heavy atom. The van der Waals surface area contributed by atoms with Gasteiger partial charge in [-0.1, -0.05) is 12.1 Å². The molecule has 1 fully saturated rings. The number of hydrogen-bond donors (Lipinski definition) is 1. The highest BCUT2D eigenvalue weighted by atomic mass is 32.1. The van der Waals surface area contributed by atoms with Crippen molar-refractivity contribution in [2.45, 2.75) is 20.5 Å². The number of quaternary nitrogens is 1. The molecule has 2 heterocycles. The first-order valence-electron chi connectivity index (χ1n) is 9.89. The van der Waals surface area contributed by atoms with Gasteiger partial charge in [0.15, 0.2) is 6.67 Å². The van der Waals surface area contributed by atoms with Gasteiger partial charge in [-0.15, -0.1) is 0 Å². The third-order valence-electron chi connectivity index (χ3n) is 5.73. The first-order valence-corrected chi connectivity index (χ1v) is 10.3. The van der Waals surface area contributed by atoms with Gasteiger partial charge >= 0.3 is 0 Å². The largest absolute Gasteiger partial charge is 0.497 e. The van der Waals surface area contributed by atoms with Crippen LogP contribution in [0.4, 0.5) is 5.69 Å². The molecule has 1 aliphatic heterocycles. The van der Waals surface area contributed by atoms with Gasteiger partial charge in [-0.25, -0.2) is 0 Å². The molecule has 4 rings (SSSR count). The maximum atomic E-state index is 5.67. The van der Waals surface area contributed by atoms with E-state index in [2.05, 4.69) is 47.4 Å². The molecule has 1 aromatic heterocycles. The Bertz CT molecular complexity index is 1030. The van der Waals surface area contributed by atoms with Crippen molar-refractivity contribution in [2.75, 3.05) is 38.2 Å². The monoisotopic (exact) mass is 411 g/mol. The van der Waals surface area contributed by atoms with E-state index in [-0.39, 0.29) is 0 Å². The highest BCUT2D eigenvalue weighted by molar-refractivity contribution is 7.71. The lowest BCUT2D eigenvalue weighted by Crippen LogP contribution is -3.14. The van der Waals surface area contributed by atoms with Crippen LogP contribution in [0.2, 0.25) is 0 Å². The lowest BCUT2D eigenvalue weighted by molar-refractivity contribution is -0.924. The summed E-state index contributed by atoms with van der Waals surface area (Å²) < 4.78 is 9.50. The Hall–Kier alpha value is -2.71. The minimum atomic E-state index is 0.642. The maximum Gasteiger partial charge on any atom is 0.225 e. The maximum absolute atomic E-state index is 5.67. The predicted octanol–water partition coefficient (Wildman–Crippen LogP) is 1.79. The normalized spacial score (nSPS) is 14.9. The molecule has 0 amide bonds. The molecule has 1 N–H and O–H groups in total. The number of benzene rings is 2. The fourth-order valence-electron chi connectivity index (χ4n) is 3.73. The minimum absolute atomic E-state index is 0.642. The van der Waals surface area contributed by atoms with Gasteiger partial charge in [0.25, 0.3) is 0 Å².